The number of hydrogen-bond donors (Lipinski definition) is 2. The first-order valence-corrected chi connectivity index (χ1v) is 8.22. The molecule has 3 rings (SSSR count). The molecule has 7 heteroatoms. The molecule has 2 N–H and O–H groups in total. The van der Waals surface area contributed by atoms with Crippen LogP contribution < -0.4 is 10.6 Å². The molecule has 24 heavy (non-hydrogen) atoms. The zero-order chi connectivity index (χ0) is 17.1. The van der Waals surface area contributed by atoms with E-state index in [1.807, 2.05) is 12.1 Å². The van der Waals surface area contributed by atoms with Gasteiger partial charge in [-0.05, 0) is 36.2 Å². The Morgan fingerprint density at radius 3 is 2.71 bits per heavy atom. The first kappa shape index (κ1) is 16.7. The number of anilines is 1. The summed E-state index contributed by atoms with van der Waals surface area (Å²) >= 11 is 11.9. The molecule has 124 valence electrons. The molecule has 1 fully saturated rings. The second-order valence-corrected chi connectivity index (χ2v) is 6.48. The van der Waals surface area contributed by atoms with E-state index in [1.165, 1.54) is 0 Å². The van der Waals surface area contributed by atoms with Gasteiger partial charge in [-0.3, -0.25) is 14.6 Å². The lowest BCUT2D eigenvalue weighted by molar-refractivity contribution is -0.125. The fraction of sp³-hybridized carbons (Fsp3) is 0.235. The predicted octanol–water partition coefficient (Wildman–Crippen LogP) is 3.28. The minimum absolute atomic E-state index is 0.129. The van der Waals surface area contributed by atoms with Crippen molar-refractivity contribution in [2.24, 2.45) is 11.8 Å². The van der Waals surface area contributed by atoms with Gasteiger partial charge in [-0.15, -0.1) is 0 Å². The number of amides is 2. The average molecular weight is 364 g/mol. The first-order chi connectivity index (χ1) is 11.5. The van der Waals surface area contributed by atoms with Gasteiger partial charge >= 0.3 is 0 Å². The summed E-state index contributed by atoms with van der Waals surface area (Å²) in [4.78, 5) is 28.3. The van der Waals surface area contributed by atoms with E-state index in [4.69, 9.17) is 23.2 Å². The van der Waals surface area contributed by atoms with Crippen LogP contribution in [0.15, 0.2) is 42.7 Å². The quantitative estimate of drug-likeness (QED) is 0.855. The number of halogens is 2. The predicted molar refractivity (Wildman–Crippen MR) is 92.8 cm³/mol. The minimum atomic E-state index is -0.339. The molecule has 0 aliphatic heterocycles. The summed E-state index contributed by atoms with van der Waals surface area (Å²) in [5.74, 6) is -0.995. The largest absolute Gasteiger partial charge is 0.352 e. The average Bonchev–Trinajstić information content (AvgIpc) is 3.38. The van der Waals surface area contributed by atoms with Crippen LogP contribution >= 0.6 is 23.2 Å². The topological polar surface area (TPSA) is 71.1 Å². The number of rotatable bonds is 5. The molecule has 2 atom stereocenters. The number of nitrogens with zero attached hydrogens (tertiary/aromatic N) is 1. The second kappa shape index (κ2) is 7.20. The van der Waals surface area contributed by atoms with Crippen LogP contribution in [0.1, 0.15) is 12.0 Å². The third-order valence-electron chi connectivity index (χ3n) is 3.84. The molecule has 0 radical (unpaired) electrons. The molecule has 0 saturated heterocycles. The van der Waals surface area contributed by atoms with E-state index in [-0.39, 0.29) is 23.7 Å². The number of carbonyl (C=O) groups excluding carboxylic acids is 2. The SMILES string of the molecule is O=C(NCc1cccnc1)C1CC1C(=O)Nc1cc(Cl)ccc1Cl. The van der Waals surface area contributed by atoms with Crippen molar-refractivity contribution in [2.45, 2.75) is 13.0 Å². The van der Waals surface area contributed by atoms with Gasteiger partial charge in [0, 0.05) is 24.0 Å². The van der Waals surface area contributed by atoms with Crippen LogP contribution in [0.4, 0.5) is 5.69 Å². The normalized spacial score (nSPS) is 18.8. The molecule has 0 bridgehead atoms. The van der Waals surface area contributed by atoms with Crippen LogP contribution in [-0.4, -0.2) is 16.8 Å². The van der Waals surface area contributed by atoms with Crippen molar-refractivity contribution >= 4 is 40.7 Å². The number of aromatic nitrogens is 1. The van der Waals surface area contributed by atoms with Gasteiger partial charge in [-0.1, -0.05) is 29.3 Å². The van der Waals surface area contributed by atoms with E-state index in [0.29, 0.717) is 28.7 Å². The highest BCUT2D eigenvalue weighted by atomic mass is 35.5. The molecule has 2 aromatic rings. The van der Waals surface area contributed by atoms with Crippen LogP contribution in [0.5, 0.6) is 0 Å². The van der Waals surface area contributed by atoms with Gasteiger partial charge in [0.2, 0.25) is 11.8 Å². The number of carbonyl (C=O) groups is 2. The lowest BCUT2D eigenvalue weighted by Gasteiger charge is -2.08. The Morgan fingerprint density at radius 2 is 1.96 bits per heavy atom. The van der Waals surface area contributed by atoms with Crippen LogP contribution in [0, 0.1) is 11.8 Å². The summed E-state index contributed by atoms with van der Waals surface area (Å²) in [6.45, 7) is 0.400. The smallest absolute Gasteiger partial charge is 0.228 e. The van der Waals surface area contributed by atoms with Crippen LogP contribution in [0.25, 0.3) is 0 Å². The standard InChI is InChI=1S/C17H15Cl2N3O2/c18-11-3-4-14(19)15(6-11)22-17(24)13-7-12(13)16(23)21-9-10-2-1-5-20-8-10/h1-6,8,12-13H,7,9H2,(H,21,23)(H,22,24). The molecular formula is C17H15Cl2N3O2. The van der Waals surface area contributed by atoms with Crippen molar-refractivity contribution in [3.63, 3.8) is 0 Å². The number of benzene rings is 1. The Bertz CT molecular complexity index is 768. The maximum absolute atomic E-state index is 12.2. The van der Waals surface area contributed by atoms with E-state index >= 15 is 0 Å². The maximum atomic E-state index is 12.2. The van der Waals surface area contributed by atoms with Gasteiger partial charge in [0.1, 0.15) is 0 Å². The first-order valence-electron chi connectivity index (χ1n) is 7.47. The Labute approximate surface area is 149 Å². The molecule has 1 saturated carbocycles. The van der Waals surface area contributed by atoms with Crippen molar-refractivity contribution in [2.75, 3.05) is 5.32 Å². The van der Waals surface area contributed by atoms with Gasteiger partial charge in [0.25, 0.3) is 0 Å². The van der Waals surface area contributed by atoms with E-state index in [0.717, 1.165) is 5.56 Å². The van der Waals surface area contributed by atoms with Crippen molar-refractivity contribution < 1.29 is 9.59 Å². The second-order valence-electron chi connectivity index (χ2n) is 5.64. The Balaban J connectivity index is 1.52. The number of pyridine rings is 1. The summed E-state index contributed by atoms with van der Waals surface area (Å²) in [5.41, 5.74) is 1.37. The zero-order valence-electron chi connectivity index (χ0n) is 12.6. The Kier molecular flexibility index (Phi) is 5.02. The molecule has 0 spiro atoms. The van der Waals surface area contributed by atoms with Crippen molar-refractivity contribution in [3.8, 4) is 0 Å². The zero-order valence-corrected chi connectivity index (χ0v) is 14.1. The van der Waals surface area contributed by atoms with Crippen LogP contribution in [-0.2, 0) is 16.1 Å². The monoisotopic (exact) mass is 363 g/mol. The number of nitrogens with one attached hydrogen (secondary N) is 2. The van der Waals surface area contributed by atoms with Crippen molar-refractivity contribution in [3.05, 3.63) is 58.3 Å². The third-order valence-corrected chi connectivity index (χ3v) is 4.40. The summed E-state index contributed by atoms with van der Waals surface area (Å²) in [7, 11) is 0. The van der Waals surface area contributed by atoms with E-state index in [1.54, 1.807) is 30.6 Å². The fourth-order valence-electron chi connectivity index (χ4n) is 2.42. The molecule has 1 heterocycles. The highest BCUT2D eigenvalue weighted by Crippen LogP contribution is 2.40. The molecular weight excluding hydrogens is 349 g/mol. The van der Waals surface area contributed by atoms with Gasteiger partial charge in [-0.25, -0.2) is 0 Å². The Morgan fingerprint density at radius 1 is 1.17 bits per heavy atom. The summed E-state index contributed by atoms with van der Waals surface area (Å²) in [5, 5.41) is 6.44. The fourth-order valence-corrected chi connectivity index (χ4v) is 2.75. The van der Waals surface area contributed by atoms with Crippen molar-refractivity contribution in [1.82, 2.24) is 10.3 Å². The van der Waals surface area contributed by atoms with E-state index in [2.05, 4.69) is 15.6 Å². The van der Waals surface area contributed by atoms with E-state index in [9.17, 15) is 9.59 Å². The van der Waals surface area contributed by atoms with Gasteiger partial charge in [-0.2, -0.15) is 0 Å². The summed E-state index contributed by atoms with van der Waals surface area (Å²) in [6.07, 6.45) is 3.90. The minimum Gasteiger partial charge on any atom is -0.352 e. The highest BCUT2D eigenvalue weighted by Gasteiger charge is 2.48. The summed E-state index contributed by atoms with van der Waals surface area (Å²) < 4.78 is 0. The van der Waals surface area contributed by atoms with Gasteiger partial charge in [0.05, 0.1) is 22.5 Å². The molecule has 1 aromatic heterocycles. The van der Waals surface area contributed by atoms with Crippen molar-refractivity contribution in [1.29, 1.82) is 0 Å². The molecule has 1 aromatic carbocycles. The number of hydrogen-bond acceptors (Lipinski definition) is 3. The lowest BCUT2D eigenvalue weighted by Crippen LogP contribution is -2.27. The highest BCUT2D eigenvalue weighted by molar-refractivity contribution is 6.35. The summed E-state index contributed by atoms with van der Waals surface area (Å²) in [6, 6.07) is 8.53. The lowest BCUT2D eigenvalue weighted by atomic mass is 10.2. The molecule has 1 aliphatic rings. The van der Waals surface area contributed by atoms with Gasteiger partial charge < -0.3 is 10.6 Å². The van der Waals surface area contributed by atoms with E-state index < -0.39 is 0 Å². The van der Waals surface area contributed by atoms with Gasteiger partial charge in [0.15, 0.2) is 0 Å². The molecule has 5 nitrogen and oxygen atoms in total. The molecule has 1 aliphatic carbocycles. The maximum Gasteiger partial charge on any atom is 0.228 e. The Hall–Kier alpha value is -2.11. The third kappa shape index (κ3) is 4.04. The molecule has 2 amide bonds. The van der Waals surface area contributed by atoms with Crippen LogP contribution in [0.3, 0.4) is 0 Å². The molecule has 2 unspecified atom stereocenters. The van der Waals surface area contributed by atoms with Crippen LogP contribution in [0.2, 0.25) is 10.0 Å².